The van der Waals surface area contributed by atoms with Crippen molar-refractivity contribution in [2.24, 2.45) is 5.73 Å². The highest BCUT2D eigenvalue weighted by molar-refractivity contribution is 5.77. The van der Waals surface area contributed by atoms with Gasteiger partial charge in [0, 0.05) is 26.2 Å². The van der Waals surface area contributed by atoms with E-state index in [0.717, 1.165) is 25.9 Å². The van der Waals surface area contributed by atoms with Crippen molar-refractivity contribution in [3.63, 3.8) is 0 Å². The van der Waals surface area contributed by atoms with Crippen LogP contribution in [0, 0.1) is 0 Å². The first-order chi connectivity index (χ1) is 6.74. The Morgan fingerprint density at radius 1 is 1.43 bits per heavy atom. The van der Waals surface area contributed by atoms with E-state index in [2.05, 4.69) is 0 Å². The van der Waals surface area contributed by atoms with Gasteiger partial charge in [-0.2, -0.15) is 0 Å². The van der Waals surface area contributed by atoms with E-state index in [9.17, 15) is 4.79 Å². The van der Waals surface area contributed by atoms with Crippen LogP contribution in [-0.2, 0) is 9.53 Å². The summed E-state index contributed by atoms with van der Waals surface area (Å²) in [7, 11) is 1.54. The van der Waals surface area contributed by atoms with Crippen LogP contribution >= 0.6 is 0 Å². The molecule has 0 spiro atoms. The fourth-order valence-corrected chi connectivity index (χ4v) is 1.36. The maximum atomic E-state index is 11.3. The SMILES string of the molecule is CC.COCC(=O)N1CCC(N)CC1. The lowest BCUT2D eigenvalue weighted by Crippen LogP contribution is -2.44. The minimum atomic E-state index is 0.0735. The van der Waals surface area contributed by atoms with Crippen molar-refractivity contribution in [3.05, 3.63) is 0 Å². The lowest BCUT2D eigenvalue weighted by atomic mass is 10.1. The van der Waals surface area contributed by atoms with Gasteiger partial charge < -0.3 is 15.4 Å². The van der Waals surface area contributed by atoms with Crippen molar-refractivity contribution >= 4 is 5.91 Å². The second-order valence-corrected chi connectivity index (χ2v) is 3.15. The number of ether oxygens (including phenoxy) is 1. The van der Waals surface area contributed by atoms with Crippen molar-refractivity contribution in [2.75, 3.05) is 26.8 Å². The molecule has 1 aliphatic rings. The van der Waals surface area contributed by atoms with E-state index < -0.39 is 0 Å². The van der Waals surface area contributed by atoms with Gasteiger partial charge in [0.25, 0.3) is 0 Å². The van der Waals surface area contributed by atoms with E-state index in [-0.39, 0.29) is 18.6 Å². The molecule has 0 aromatic carbocycles. The molecule has 0 unspecified atom stereocenters. The Kier molecular flexibility index (Phi) is 7.42. The van der Waals surface area contributed by atoms with Crippen LogP contribution in [0.25, 0.3) is 0 Å². The first-order valence-corrected chi connectivity index (χ1v) is 5.26. The third kappa shape index (κ3) is 4.58. The quantitative estimate of drug-likeness (QED) is 0.713. The first-order valence-electron chi connectivity index (χ1n) is 5.26. The minimum Gasteiger partial charge on any atom is -0.375 e. The molecule has 0 aliphatic carbocycles. The van der Waals surface area contributed by atoms with Crippen molar-refractivity contribution in [1.29, 1.82) is 0 Å². The van der Waals surface area contributed by atoms with Crippen LogP contribution < -0.4 is 5.73 Å². The molecular formula is C10H22N2O2. The van der Waals surface area contributed by atoms with E-state index in [4.69, 9.17) is 10.5 Å². The summed E-state index contributed by atoms with van der Waals surface area (Å²) in [5.41, 5.74) is 5.70. The molecular weight excluding hydrogens is 180 g/mol. The average Bonchev–Trinajstić information content (AvgIpc) is 2.22. The molecule has 1 fully saturated rings. The number of piperidine rings is 1. The number of likely N-dealkylation sites (tertiary alicyclic amines) is 1. The zero-order chi connectivity index (χ0) is 11.0. The maximum absolute atomic E-state index is 11.3. The number of nitrogens with zero attached hydrogens (tertiary/aromatic N) is 1. The molecule has 4 nitrogen and oxygen atoms in total. The zero-order valence-corrected chi connectivity index (χ0v) is 9.45. The summed E-state index contributed by atoms with van der Waals surface area (Å²) in [4.78, 5) is 13.1. The molecule has 14 heavy (non-hydrogen) atoms. The van der Waals surface area contributed by atoms with Gasteiger partial charge >= 0.3 is 0 Å². The van der Waals surface area contributed by atoms with Gasteiger partial charge in [0.05, 0.1) is 0 Å². The van der Waals surface area contributed by atoms with Gasteiger partial charge in [-0.3, -0.25) is 4.79 Å². The Morgan fingerprint density at radius 2 is 1.93 bits per heavy atom. The Hall–Kier alpha value is -0.610. The molecule has 1 rings (SSSR count). The summed E-state index contributed by atoms with van der Waals surface area (Å²) in [5.74, 6) is 0.0735. The molecule has 84 valence electrons. The average molecular weight is 202 g/mol. The van der Waals surface area contributed by atoms with Crippen molar-refractivity contribution < 1.29 is 9.53 Å². The molecule has 1 amide bonds. The highest BCUT2D eigenvalue weighted by Gasteiger charge is 2.19. The monoisotopic (exact) mass is 202 g/mol. The summed E-state index contributed by atoms with van der Waals surface area (Å²) < 4.78 is 4.76. The van der Waals surface area contributed by atoms with Gasteiger partial charge in [-0.15, -0.1) is 0 Å². The maximum Gasteiger partial charge on any atom is 0.248 e. The van der Waals surface area contributed by atoms with Crippen molar-refractivity contribution in [3.8, 4) is 0 Å². The van der Waals surface area contributed by atoms with Gasteiger partial charge in [-0.1, -0.05) is 13.8 Å². The lowest BCUT2D eigenvalue weighted by Gasteiger charge is -2.29. The van der Waals surface area contributed by atoms with E-state index >= 15 is 0 Å². The standard InChI is InChI=1S/C8H16N2O2.C2H6/c1-12-6-8(11)10-4-2-7(9)3-5-10;1-2/h7H,2-6,9H2,1H3;1-2H3. The van der Waals surface area contributed by atoms with Crippen molar-refractivity contribution in [2.45, 2.75) is 32.7 Å². The second kappa shape index (κ2) is 7.76. The molecule has 0 bridgehead atoms. The molecule has 1 saturated heterocycles. The van der Waals surface area contributed by atoms with Crippen LogP contribution in [-0.4, -0.2) is 43.7 Å². The topological polar surface area (TPSA) is 55.6 Å². The number of methoxy groups -OCH3 is 1. The van der Waals surface area contributed by atoms with Crippen LogP contribution in [0.2, 0.25) is 0 Å². The summed E-state index contributed by atoms with van der Waals surface area (Å²) in [6, 6.07) is 0.275. The van der Waals surface area contributed by atoms with Crippen LogP contribution in [0.4, 0.5) is 0 Å². The lowest BCUT2D eigenvalue weighted by molar-refractivity contribution is -0.136. The predicted octanol–water partition coefficient (Wildman–Crippen LogP) is 0.609. The Morgan fingerprint density at radius 3 is 2.36 bits per heavy atom. The molecule has 1 heterocycles. The Bertz CT molecular complexity index is 154. The van der Waals surface area contributed by atoms with Crippen LogP contribution in [0.15, 0.2) is 0 Å². The second-order valence-electron chi connectivity index (χ2n) is 3.15. The van der Waals surface area contributed by atoms with E-state index in [1.165, 1.54) is 7.11 Å². The molecule has 0 atom stereocenters. The van der Waals surface area contributed by atoms with Gasteiger partial charge in [-0.05, 0) is 12.8 Å². The van der Waals surface area contributed by atoms with Gasteiger partial charge in [0.15, 0.2) is 0 Å². The molecule has 0 radical (unpaired) electrons. The summed E-state index contributed by atoms with van der Waals surface area (Å²) in [5, 5.41) is 0. The normalized spacial score (nSPS) is 17.3. The molecule has 4 heteroatoms. The van der Waals surface area contributed by atoms with E-state index in [1.807, 2.05) is 18.7 Å². The predicted molar refractivity (Wildman–Crippen MR) is 57.0 cm³/mol. The molecule has 0 aromatic heterocycles. The molecule has 1 aliphatic heterocycles. The molecule has 2 N–H and O–H groups in total. The van der Waals surface area contributed by atoms with Gasteiger partial charge in [0.1, 0.15) is 6.61 Å². The molecule has 0 saturated carbocycles. The summed E-state index contributed by atoms with van der Waals surface area (Å²) in [6.45, 7) is 5.75. The highest BCUT2D eigenvalue weighted by atomic mass is 16.5. The highest BCUT2D eigenvalue weighted by Crippen LogP contribution is 2.07. The number of hydrogen-bond donors (Lipinski definition) is 1. The number of carbonyl (C=O) groups is 1. The zero-order valence-electron chi connectivity index (χ0n) is 9.45. The van der Waals surface area contributed by atoms with E-state index in [1.54, 1.807) is 0 Å². The van der Waals surface area contributed by atoms with Gasteiger partial charge in [0.2, 0.25) is 5.91 Å². The number of hydrogen-bond acceptors (Lipinski definition) is 3. The summed E-state index contributed by atoms with van der Waals surface area (Å²) >= 11 is 0. The van der Waals surface area contributed by atoms with E-state index in [0.29, 0.717) is 0 Å². The first kappa shape index (κ1) is 13.4. The fraction of sp³-hybridized carbons (Fsp3) is 0.900. The smallest absolute Gasteiger partial charge is 0.248 e. The third-order valence-electron chi connectivity index (χ3n) is 2.16. The van der Waals surface area contributed by atoms with Crippen LogP contribution in [0.1, 0.15) is 26.7 Å². The number of amides is 1. The van der Waals surface area contributed by atoms with Crippen LogP contribution in [0.5, 0.6) is 0 Å². The summed E-state index contributed by atoms with van der Waals surface area (Å²) in [6.07, 6.45) is 1.82. The van der Waals surface area contributed by atoms with Gasteiger partial charge in [-0.25, -0.2) is 0 Å². The Labute approximate surface area is 86.4 Å². The largest absolute Gasteiger partial charge is 0.375 e. The third-order valence-corrected chi connectivity index (χ3v) is 2.16. The number of rotatable bonds is 2. The Balaban J connectivity index is 0.000000791. The molecule has 0 aromatic rings. The van der Waals surface area contributed by atoms with Crippen molar-refractivity contribution in [1.82, 2.24) is 4.90 Å². The van der Waals surface area contributed by atoms with Crippen LogP contribution in [0.3, 0.4) is 0 Å². The fourth-order valence-electron chi connectivity index (χ4n) is 1.36. The minimum absolute atomic E-state index is 0.0735. The number of nitrogens with two attached hydrogens (primary N) is 1. The number of carbonyl (C=O) groups excluding carboxylic acids is 1.